The summed E-state index contributed by atoms with van der Waals surface area (Å²) >= 11 is 0. The van der Waals surface area contributed by atoms with Gasteiger partial charge in [-0.2, -0.15) is 13.2 Å². The van der Waals surface area contributed by atoms with Crippen molar-refractivity contribution in [1.29, 1.82) is 0 Å². The van der Waals surface area contributed by atoms with Gasteiger partial charge in [0.05, 0.1) is 17.7 Å². The number of rotatable bonds is 4. The highest BCUT2D eigenvalue weighted by molar-refractivity contribution is 5.94. The van der Waals surface area contributed by atoms with Crippen LogP contribution in [0.5, 0.6) is 0 Å². The Kier molecular flexibility index (Phi) is 4.70. The smallest absolute Gasteiger partial charge is 0.416 e. The van der Waals surface area contributed by atoms with Gasteiger partial charge >= 0.3 is 6.18 Å². The van der Waals surface area contributed by atoms with Crippen molar-refractivity contribution in [3.63, 3.8) is 0 Å². The summed E-state index contributed by atoms with van der Waals surface area (Å²) in [6, 6.07) is 4.67. The van der Waals surface area contributed by atoms with Crippen LogP contribution in [0.4, 0.5) is 17.6 Å². The lowest BCUT2D eigenvalue weighted by molar-refractivity contribution is -0.137. The maximum atomic E-state index is 13.6. The lowest BCUT2D eigenvalue weighted by Crippen LogP contribution is -2.38. The van der Waals surface area contributed by atoms with E-state index in [2.05, 4.69) is 5.32 Å². The molecule has 4 nitrogen and oxygen atoms in total. The minimum Gasteiger partial charge on any atom is -0.463 e. The number of furan rings is 1. The molecule has 1 atom stereocenters. The van der Waals surface area contributed by atoms with Crippen molar-refractivity contribution in [2.75, 3.05) is 6.54 Å². The van der Waals surface area contributed by atoms with Gasteiger partial charge in [0.15, 0.2) is 0 Å². The molecule has 0 spiro atoms. The van der Waals surface area contributed by atoms with Gasteiger partial charge in [-0.05, 0) is 44.2 Å². The Bertz CT molecular complexity index is 750. The van der Waals surface area contributed by atoms with Crippen molar-refractivity contribution in [3.8, 4) is 0 Å². The molecule has 0 aliphatic heterocycles. The second kappa shape index (κ2) is 6.27. The number of benzene rings is 1. The fraction of sp³-hybridized carbons (Fsp3) is 0.312. The van der Waals surface area contributed by atoms with Crippen LogP contribution >= 0.6 is 0 Å². The Morgan fingerprint density at radius 2 is 1.92 bits per heavy atom. The first-order valence-corrected chi connectivity index (χ1v) is 6.95. The molecule has 24 heavy (non-hydrogen) atoms. The van der Waals surface area contributed by atoms with E-state index in [0.29, 0.717) is 24.0 Å². The summed E-state index contributed by atoms with van der Waals surface area (Å²) in [6.45, 7) is 2.65. The maximum Gasteiger partial charge on any atom is 0.416 e. The molecule has 1 amide bonds. The molecular formula is C16H15F4NO3. The Labute approximate surface area is 135 Å². The summed E-state index contributed by atoms with van der Waals surface area (Å²) < 4.78 is 56.9. The molecule has 2 N–H and O–H groups in total. The van der Waals surface area contributed by atoms with E-state index in [1.807, 2.05) is 0 Å². The van der Waals surface area contributed by atoms with E-state index >= 15 is 0 Å². The minimum absolute atomic E-state index is 0.171. The molecule has 0 bridgehead atoms. The Morgan fingerprint density at radius 3 is 2.46 bits per heavy atom. The van der Waals surface area contributed by atoms with Crippen LogP contribution < -0.4 is 5.32 Å². The second-order valence-electron chi connectivity index (χ2n) is 5.56. The van der Waals surface area contributed by atoms with Gasteiger partial charge in [0.25, 0.3) is 5.91 Å². The van der Waals surface area contributed by atoms with Gasteiger partial charge in [-0.25, -0.2) is 4.39 Å². The number of hydrogen-bond acceptors (Lipinski definition) is 3. The van der Waals surface area contributed by atoms with E-state index in [-0.39, 0.29) is 12.3 Å². The maximum absolute atomic E-state index is 13.6. The van der Waals surface area contributed by atoms with E-state index < -0.39 is 34.6 Å². The van der Waals surface area contributed by atoms with Crippen LogP contribution in [0, 0.1) is 12.7 Å². The number of hydrogen-bond donors (Lipinski definition) is 2. The number of aryl methyl sites for hydroxylation is 1. The minimum atomic E-state index is -4.69. The lowest BCUT2D eigenvalue weighted by Gasteiger charge is -2.21. The largest absolute Gasteiger partial charge is 0.463 e. The second-order valence-corrected chi connectivity index (χ2v) is 5.56. The van der Waals surface area contributed by atoms with Crippen LogP contribution in [0.1, 0.15) is 34.4 Å². The molecular weight excluding hydrogens is 330 g/mol. The fourth-order valence-corrected chi connectivity index (χ4v) is 2.03. The van der Waals surface area contributed by atoms with Gasteiger partial charge < -0.3 is 14.8 Å². The average molecular weight is 345 g/mol. The zero-order valence-electron chi connectivity index (χ0n) is 12.9. The lowest BCUT2D eigenvalue weighted by atomic mass is 10.0. The first-order valence-electron chi connectivity index (χ1n) is 6.95. The zero-order valence-corrected chi connectivity index (χ0v) is 12.9. The number of carbonyl (C=O) groups is 1. The molecule has 2 rings (SSSR count). The van der Waals surface area contributed by atoms with Crippen LogP contribution in [0.2, 0.25) is 0 Å². The van der Waals surface area contributed by atoms with Crippen molar-refractivity contribution >= 4 is 5.91 Å². The SMILES string of the molecule is Cc1ccc(C(C)(O)CNC(=O)c2cc(C(F)(F)F)ccc2F)o1. The van der Waals surface area contributed by atoms with Gasteiger partial charge in [-0.3, -0.25) is 4.79 Å². The molecule has 0 fully saturated rings. The topological polar surface area (TPSA) is 62.5 Å². The molecule has 0 saturated heterocycles. The van der Waals surface area contributed by atoms with E-state index in [0.717, 1.165) is 0 Å². The highest BCUT2D eigenvalue weighted by atomic mass is 19.4. The fourth-order valence-electron chi connectivity index (χ4n) is 2.03. The summed E-state index contributed by atoms with van der Waals surface area (Å²) in [5.41, 5.74) is -3.49. The summed E-state index contributed by atoms with van der Waals surface area (Å²) in [6.07, 6.45) is -4.69. The van der Waals surface area contributed by atoms with Crippen LogP contribution in [-0.2, 0) is 11.8 Å². The molecule has 1 aromatic carbocycles. The highest BCUT2D eigenvalue weighted by Gasteiger charge is 2.32. The van der Waals surface area contributed by atoms with E-state index in [9.17, 15) is 27.5 Å². The molecule has 0 saturated carbocycles. The Hall–Kier alpha value is -2.35. The third-order valence-electron chi connectivity index (χ3n) is 3.40. The van der Waals surface area contributed by atoms with Crippen LogP contribution in [0.3, 0.4) is 0 Å². The third kappa shape index (κ3) is 3.94. The van der Waals surface area contributed by atoms with Crippen LogP contribution in [0.15, 0.2) is 34.7 Å². The van der Waals surface area contributed by atoms with E-state index in [1.54, 1.807) is 13.0 Å². The van der Waals surface area contributed by atoms with Gasteiger partial charge in [0.2, 0.25) is 0 Å². The molecule has 1 unspecified atom stereocenters. The zero-order chi connectivity index (χ0) is 18.1. The summed E-state index contributed by atoms with van der Waals surface area (Å²) in [7, 11) is 0. The number of amides is 1. The molecule has 1 heterocycles. The number of alkyl halides is 3. The number of aliphatic hydroxyl groups is 1. The third-order valence-corrected chi connectivity index (χ3v) is 3.40. The van der Waals surface area contributed by atoms with Crippen LogP contribution in [0.25, 0.3) is 0 Å². The molecule has 1 aromatic heterocycles. The highest BCUT2D eigenvalue weighted by Crippen LogP contribution is 2.30. The van der Waals surface area contributed by atoms with Crippen molar-refractivity contribution in [1.82, 2.24) is 5.32 Å². The van der Waals surface area contributed by atoms with Crippen molar-refractivity contribution in [2.24, 2.45) is 0 Å². The van der Waals surface area contributed by atoms with E-state index in [1.165, 1.54) is 13.0 Å². The molecule has 130 valence electrons. The average Bonchev–Trinajstić information content (AvgIpc) is 2.91. The van der Waals surface area contributed by atoms with Crippen molar-refractivity contribution in [2.45, 2.75) is 25.6 Å². The van der Waals surface area contributed by atoms with Crippen LogP contribution in [-0.4, -0.2) is 17.6 Å². The summed E-state index contributed by atoms with van der Waals surface area (Å²) in [5.74, 6) is -1.44. The summed E-state index contributed by atoms with van der Waals surface area (Å²) in [4.78, 5) is 12.0. The molecule has 0 aliphatic carbocycles. The molecule has 8 heteroatoms. The van der Waals surface area contributed by atoms with Gasteiger partial charge in [0.1, 0.15) is 22.9 Å². The van der Waals surface area contributed by atoms with Crippen molar-refractivity contribution in [3.05, 3.63) is 58.8 Å². The Morgan fingerprint density at radius 1 is 1.25 bits per heavy atom. The van der Waals surface area contributed by atoms with Gasteiger partial charge in [0, 0.05) is 0 Å². The van der Waals surface area contributed by atoms with E-state index in [4.69, 9.17) is 4.42 Å². The number of nitrogens with one attached hydrogen (secondary N) is 1. The Balaban J connectivity index is 2.15. The number of halogens is 4. The first-order chi connectivity index (χ1) is 11.0. The first kappa shape index (κ1) is 18.0. The quantitative estimate of drug-likeness (QED) is 0.835. The van der Waals surface area contributed by atoms with Gasteiger partial charge in [-0.1, -0.05) is 0 Å². The predicted octanol–water partition coefficient (Wildman–Crippen LogP) is 3.38. The normalized spacial score (nSPS) is 14.3. The number of carbonyl (C=O) groups excluding carboxylic acids is 1. The summed E-state index contributed by atoms with van der Waals surface area (Å²) in [5, 5.41) is 12.5. The standard InChI is InChI=1S/C16H15F4NO3/c1-9-3-6-13(24-9)15(2,23)8-21-14(22)11-7-10(16(18,19)20)4-5-12(11)17/h3-7,23H,8H2,1-2H3,(H,21,22). The van der Waals surface area contributed by atoms with Gasteiger partial charge in [-0.15, -0.1) is 0 Å². The molecule has 2 aromatic rings. The molecule has 0 aliphatic rings. The predicted molar refractivity (Wildman–Crippen MR) is 76.8 cm³/mol. The monoisotopic (exact) mass is 345 g/mol. The molecule has 0 radical (unpaired) electrons. The van der Waals surface area contributed by atoms with Crippen molar-refractivity contribution < 1.29 is 31.9 Å².